The standard InChI is InChI=1S/K.H3O4P.Zn/c;1-5(2,3)4;/h;(H3,1,2,3,4);/q+1;;+2/p-3. The molecule has 7 heavy (non-hydrogen) atoms. The second kappa shape index (κ2) is 6.49. The Hall–Kier alpha value is 2.37. The normalized spacial score (nSPS) is 8.43. The summed E-state index contributed by atoms with van der Waals surface area (Å²) in [7, 11) is -5.39. The Labute approximate surface area is 96.1 Å². The van der Waals surface area contributed by atoms with Gasteiger partial charge in [0, 0.05) is 0 Å². The summed E-state index contributed by atoms with van der Waals surface area (Å²) in [6, 6.07) is 0. The van der Waals surface area contributed by atoms with Crippen LogP contribution in [0.15, 0.2) is 0 Å². The van der Waals surface area contributed by atoms with E-state index in [1.807, 2.05) is 0 Å². The maximum absolute atomic E-state index is 8.55. The summed E-state index contributed by atoms with van der Waals surface area (Å²) >= 11 is 0. The molecule has 0 rings (SSSR count). The zero-order valence-corrected chi connectivity index (χ0v) is 10.8. The van der Waals surface area contributed by atoms with Crippen LogP contribution in [0.4, 0.5) is 0 Å². The molecule has 0 aliphatic rings. The third-order valence-corrected chi connectivity index (χ3v) is 0. The molecule has 0 N–H and O–H groups in total. The Bertz CT molecular complexity index is 57.8. The first-order chi connectivity index (χ1) is 2.00. The molecule has 4 nitrogen and oxygen atoms in total. The van der Waals surface area contributed by atoms with Crippen LogP contribution in [0.25, 0.3) is 0 Å². The summed E-state index contributed by atoms with van der Waals surface area (Å²) < 4.78 is 8.55. The van der Waals surface area contributed by atoms with Crippen molar-refractivity contribution >= 4 is 7.82 Å². The molecule has 0 radical (unpaired) electrons. The van der Waals surface area contributed by atoms with Gasteiger partial charge in [0.1, 0.15) is 0 Å². The fourth-order valence-corrected chi connectivity index (χ4v) is 0. The molecular formula is KO4PZn. The van der Waals surface area contributed by atoms with Crippen LogP contribution in [0.5, 0.6) is 0 Å². The molecule has 7 heteroatoms. The van der Waals surface area contributed by atoms with Gasteiger partial charge in [-0.3, -0.25) is 0 Å². The van der Waals surface area contributed by atoms with Crippen molar-refractivity contribution < 1.29 is 90.1 Å². The van der Waals surface area contributed by atoms with E-state index in [0.717, 1.165) is 0 Å². The van der Waals surface area contributed by atoms with Crippen molar-refractivity contribution in [2.45, 2.75) is 0 Å². The molecule has 0 aromatic rings. The molecule has 32 valence electrons. The molecule has 0 fully saturated rings. The van der Waals surface area contributed by atoms with E-state index < -0.39 is 7.82 Å². The topological polar surface area (TPSA) is 86.2 Å². The van der Waals surface area contributed by atoms with E-state index in [2.05, 4.69) is 0 Å². The molecule has 0 bridgehead atoms. The SMILES string of the molecule is O=P([O-])([O-])[O-].[K+].[Zn+2]. The average Bonchev–Trinajstić information content (AvgIpc) is 0.722. The van der Waals surface area contributed by atoms with Crippen molar-refractivity contribution in [1.82, 2.24) is 0 Å². The quantitative estimate of drug-likeness (QED) is 0.287. The van der Waals surface area contributed by atoms with Gasteiger partial charge in [-0.15, -0.1) is 0 Å². The minimum absolute atomic E-state index is 0. The predicted octanol–water partition coefficient (Wildman–Crippen LogP) is -5.82. The molecule has 0 atom stereocenters. The van der Waals surface area contributed by atoms with E-state index in [0.29, 0.717) is 0 Å². The van der Waals surface area contributed by atoms with Crippen molar-refractivity contribution in [2.75, 3.05) is 0 Å². The number of hydrogen-bond acceptors (Lipinski definition) is 4. The molecule has 0 aliphatic heterocycles. The Kier molecular flexibility index (Phi) is 15.0. The minimum Gasteiger partial charge on any atom is -0.822 e. The molecule has 0 aromatic carbocycles. The van der Waals surface area contributed by atoms with Crippen molar-refractivity contribution in [1.29, 1.82) is 0 Å². The fourth-order valence-electron chi connectivity index (χ4n) is 0. The number of phosphoric acid groups is 1. The van der Waals surface area contributed by atoms with Crippen LogP contribution in [0.1, 0.15) is 0 Å². The first-order valence-corrected chi connectivity index (χ1v) is 2.19. The molecule has 0 saturated heterocycles. The minimum atomic E-state index is -5.39. The van der Waals surface area contributed by atoms with Gasteiger partial charge in [-0.25, -0.2) is 0 Å². The molecule has 0 aliphatic carbocycles. The summed E-state index contributed by atoms with van der Waals surface area (Å²) in [5.74, 6) is 0. The van der Waals surface area contributed by atoms with Gasteiger partial charge in [0.25, 0.3) is 0 Å². The van der Waals surface area contributed by atoms with Gasteiger partial charge >= 0.3 is 70.9 Å². The number of rotatable bonds is 0. The summed E-state index contributed by atoms with van der Waals surface area (Å²) in [6.45, 7) is 0. The average molecular weight is 199 g/mol. The van der Waals surface area contributed by atoms with Crippen molar-refractivity contribution in [3.05, 3.63) is 0 Å². The van der Waals surface area contributed by atoms with E-state index in [4.69, 9.17) is 19.2 Å². The Morgan fingerprint density at radius 3 is 1.14 bits per heavy atom. The zero-order valence-electron chi connectivity index (χ0n) is 3.79. The molecule has 0 unspecified atom stereocenters. The van der Waals surface area contributed by atoms with Crippen LogP contribution in [0.2, 0.25) is 0 Å². The van der Waals surface area contributed by atoms with Gasteiger partial charge in [0.05, 0.1) is 0 Å². The van der Waals surface area contributed by atoms with Gasteiger partial charge in [0.2, 0.25) is 0 Å². The Balaban J connectivity index is -0.0000000800. The summed E-state index contributed by atoms with van der Waals surface area (Å²) in [4.78, 5) is 25.6. The van der Waals surface area contributed by atoms with Gasteiger partial charge in [-0.1, -0.05) is 0 Å². The maximum atomic E-state index is 8.55. The van der Waals surface area contributed by atoms with Crippen LogP contribution < -0.4 is 66.1 Å². The fraction of sp³-hybridized carbons (Fsp3) is 0. The monoisotopic (exact) mass is 198 g/mol. The predicted molar refractivity (Wildman–Crippen MR) is 7.61 cm³/mol. The smallest absolute Gasteiger partial charge is 0.822 e. The summed E-state index contributed by atoms with van der Waals surface area (Å²) in [5.41, 5.74) is 0. The molecule has 0 aromatic heterocycles. The van der Waals surface area contributed by atoms with Gasteiger partial charge in [0.15, 0.2) is 0 Å². The van der Waals surface area contributed by atoms with Crippen LogP contribution in [-0.2, 0) is 24.0 Å². The van der Waals surface area contributed by atoms with Gasteiger partial charge in [-0.05, 0) is 0 Å². The van der Waals surface area contributed by atoms with Crippen molar-refractivity contribution in [3.8, 4) is 0 Å². The largest absolute Gasteiger partial charge is 2.00 e. The van der Waals surface area contributed by atoms with Crippen molar-refractivity contribution in [3.63, 3.8) is 0 Å². The zero-order chi connectivity index (χ0) is 4.50. The van der Waals surface area contributed by atoms with E-state index in [1.165, 1.54) is 0 Å². The second-order valence-corrected chi connectivity index (χ2v) is 1.34. The molecule has 0 spiro atoms. The molecular weight excluding hydrogens is 199 g/mol. The van der Waals surface area contributed by atoms with Crippen LogP contribution in [0, 0.1) is 0 Å². The van der Waals surface area contributed by atoms with Gasteiger partial charge in [-0.2, -0.15) is 7.82 Å². The first-order valence-electron chi connectivity index (χ1n) is 0.730. The first kappa shape index (κ1) is 16.2. The van der Waals surface area contributed by atoms with Gasteiger partial charge < -0.3 is 19.2 Å². The van der Waals surface area contributed by atoms with E-state index in [1.54, 1.807) is 0 Å². The molecule has 0 amide bonds. The third-order valence-electron chi connectivity index (χ3n) is 0. The third kappa shape index (κ3) is 60.5. The Morgan fingerprint density at radius 2 is 1.14 bits per heavy atom. The van der Waals surface area contributed by atoms with Crippen LogP contribution >= 0.6 is 7.82 Å². The van der Waals surface area contributed by atoms with Crippen molar-refractivity contribution in [2.24, 2.45) is 0 Å². The summed E-state index contributed by atoms with van der Waals surface area (Å²) in [6.07, 6.45) is 0. The summed E-state index contributed by atoms with van der Waals surface area (Å²) in [5, 5.41) is 0. The van der Waals surface area contributed by atoms with E-state index >= 15 is 0 Å². The van der Waals surface area contributed by atoms with E-state index in [-0.39, 0.29) is 70.9 Å². The number of hydrogen-bond donors (Lipinski definition) is 0. The Morgan fingerprint density at radius 1 is 1.14 bits per heavy atom. The second-order valence-electron chi connectivity index (χ2n) is 0.447. The van der Waals surface area contributed by atoms with Crippen LogP contribution in [0.3, 0.4) is 0 Å². The van der Waals surface area contributed by atoms with E-state index in [9.17, 15) is 0 Å². The maximum Gasteiger partial charge on any atom is 2.00 e. The van der Waals surface area contributed by atoms with Crippen LogP contribution in [-0.4, -0.2) is 0 Å². The molecule has 0 saturated carbocycles. The molecule has 0 heterocycles.